The van der Waals surface area contributed by atoms with Crippen molar-refractivity contribution >= 4 is 11.8 Å². The summed E-state index contributed by atoms with van der Waals surface area (Å²) in [5.74, 6) is -1.70. The number of esters is 1. The molecule has 0 spiro atoms. The average Bonchev–Trinajstić information content (AvgIpc) is 2.68. The lowest BCUT2D eigenvalue weighted by molar-refractivity contribution is -0.166. The predicted molar refractivity (Wildman–Crippen MR) is 111 cm³/mol. The molecule has 5 heteroatoms. The number of carbonyl (C=O) groups is 2. The number of aliphatic hydroxyl groups excluding tert-OH is 2. The van der Waals surface area contributed by atoms with Crippen LogP contribution in [0.2, 0.25) is 0 Å². The number of rotatable bonds is 2. The first-order chi connectivity index (χ1) is 13.0. The van der Waals surface area contributed by atoms with E-state index in [-0.39, 0.29) is 35.4 Å². The Hall–Kier alpha value is -0.940. The Morgan fingerprint density at radius 2 is 1.43 bits per heavy atom. The van der Waals surface area contributed by atoms with E-state index in [9.17, 15) is 19.8 Å². The summed E-state index contributed by atoms with van der Waals surface area (Å²) in [7, 11) is 0. The van der Waals surface area contributed by atoms with Crippen molar-refractivity contribution in [2.24, 2.45) is 41.4 Å². The quantitative estimate of drug-likeness (QED) is 0.690. The second-order valence-corrected chi connectivity index (χ2v) is 9.25. The van der Waals surface area contributed by atoms with Crippen LogP contribution >= 0.6 is 0 Å². The molecular weight excluding hydrogens is 356 g/mol. The van der Waals surface area contributed by atoms with Gasteiger partial charge in [-0.15, -0.1) is 0 Å². The maximum Gasteiger partial charge on any atom is 0.311 e. The van der Waals surface area contributed by atoms with Crippen LogP contribution in [-0.2, 0) is 14.3 Å². The number of ether oxygens (including phenoxy) is 1. The van der Waals surface area contributed by atoms with E-state index in [4.69, 9.17) is 4.74 Å². The number of hydrogen-bond donors (Lipinski definition) is 2. The molecule has 10 atom stereocenters. The topological polar surface area (TPSA) is 83.8 Å². The highest BCUT2D eigenvalue weighted by molar-refractivity contribution is 5.83. The van der Waals surface area contributed by atoms with Crippen molar-refractivity contribution in [2.45, 2.75) is 93.0 Å². The molecule has 0 saturated carbocycles. The van der Waals surface area contributed by atoms with Crippen LogP contribution in [-0.4, -0.2) is 40.3 Å². The molecule has 0 aromatic rings. The molecule has 5 nitrogen and oxygen atoms in total. The van der Waals surface area contributed by atoms with E-state index in [2.05, 4.69) is 13.8 Å². The zero-order valence-electron chi connectivity index (χ0n) is 19.0. The Bertz CT molecular complexity index is 519. The molecule has 1 heterocycles. The van der Waals surface area contributed by atoms with Gasteiger partial charge in [-0.05, 0) is 43.9 Å². The third-order valence-corrected chi connectivity index (χ3v) is 7.38. The highest BCUT2D eigenvalue weighted by atomic mass is 16.5. The zero-order chi connectivity index (χ0) is 21.8. The molecule has 0 radical (unpaired) electrons. The second kappa shape index (κ2) is 10.7. The molecule has 0 aliphatic carbocycles. The lowest BCUT2D eigenvalue weighted by atomic mass is 9.73. The minimum absolute atomic E-state index is 0.0600. The van der Waals surface area contributed by atoms with Crippen molar-refractivity contribution in [1.29, 1.82) is 0 Å². The van der Waals surface area contributed by atoms with E-state index >= 15 is 0 Å². The van der Waals surface area contributed by atoms with E-state index < -0.39 is 36.1 Å². The van der Waals surface area contributed by atoms with Crippen LogP contribution in [0.1, 0.15) is 74.7 Å². The molecule has 1 rings (SSSR count). The van der Waals surface area contributed by atoms with Gasteiger partial charge < -0.3 is 14.9 Å². The van der Waals surface area contributed by atoms with E-state index in [0.29, 0.717) is 19.3 Å². The van der Waals surface area contributed by atoms with E-state index in [1.54, 1.807) is 13.8 Å². The minimum atomic E-state index is -0.854. The van der Waals surface area contributed by atoms with Gasteiger partial charge in [0.25, 0.3) is 0 Å². The number of hydrogen-bond acceptors (Lipinski definition) is 5. The highest BCUT2D eigenvalue weighted by Gasteiger charge is 2.40. The Kier molecular flexibility index (Phi) is 9.61. The van der Waals surface area contributed by atoms with Crippen LogP contribution in [0.4, 0.5) is 0 Å². The fraction of sp³-hybridized carbons (Fsp3) is 0.913. The van der Waals surface area contributed by atoms with Gasteiger partial charge in [-0.3, -0.25) is 9.59 Å². The fourth-order valence-corrected chi connectivity index (χ4v) is 4.75. The normalized spacial score (nSPS) is 44.6. The molecule has 164 valence electrons. The van der Waals surface area contributed by atoms with Crippen molar-refractivity contribution in [3.05, 3.63) is 0 Å². The molecule has 2 N–H and O–H groups in total. The first-order valence-electron chi connectivity index (χ1n) is 11.1. The third kappa shape index (κ3) is 5.56. The van der Waals surface area contributed by atoms with Gasteiger partial charge in [0.05, 0.1) is 18.1 Å². The molecule has 0 unspecified atom stereocenters. The van der Waals surface area contributed by atoms with Crippen LogP contribution in [0.15, 0.2) is 0 Å². The molecule has 0 bridgehead atoms. The minimum Gasteiger partial charge on any atom is -0.462 e. The number of carbonyl (C=O) groups excluding carboxylic acids is 2. The van der Waals surface area contributed by atoms with Crippen molar-refractivity contribution in [1.82, 2.24) is 0 Å². The first kappa shape index (κ1) is 25.1. The van der Waals surface area contributed by atoms with Gasteiger partial charge in [0.2, 0.25) is 0 Å². The number of Topliss-reactive ketones (excluding diaryl/α,β-unsaturated/α-hetero) is 1. The molecule has 1 aliphatic heterocycles. The largest absolute Gasteiger partial charge is 0.462 e. The van der Waals surface area contributed by atoms with Gasteiger partial charge in [-0.25, -0.2) is 0 Å². The Morgan fingerprint density at radius 1 is 0.857 bits per heavy atom. The maximum atomic E-state index is 13.0. The van der Waals surface area contributed by atoms with E-state index in [1.165, 1.54) is 0 Å². The lowest BCUT2D eigenvalue weighted by Gasteiger charge is -2.37. The summed E-state index contributed by atoms with van der Waals surface area (Å²) < 4.78 is 5.75. The standard InChI is InChI=1S/C23H42O5/c1-9-18-19(10-2)28-23(27)17(8)21(25)15(6)14(5)12(3)11-13(4)20(24)16(7)22(18)26/h12-19,21-22,25-26H,9-11H2,1-8H3/t12-,13+,14-,15+,16-,17+,18-,19+,21-,22+/m0/s1. The first-order valence-corrected chi connectivity index (χ1v) is 11.1. The molecule has 1 fully saturated rings. The van der Waals surface area contributed by atoms with Gasteiger partial charge in [0.1, 0.15) is 11.9 Å². The highest BCUT2D eigenvalue weighted by Crippen LogP contribution is 2.34. The number of ketones is 1. The molecule has 0 aromatic carbocycles. The summed E-state index contributed by atoms with van der Waals surface area (Å²) in [4.78, 5) is 25.7. The summed E-state index contributed by atoms with van der Waals surface area (Å²) in [6.07, 6.45) is -0.250. The van der Waals surface area contributed by atoms with Crippen molar-refractivity contribution in [3.8, 4) is 0 Å². The van der Waals surface area contributed by atoms with Gasteiger partial charge in [0.15, 0.2) is 0 Å². The molecule has 1 saturated heterocycles. The maximum absolute atomic E-state index is 13.0. The van der Waals surface area contributed by atoms with Gasteiger partial charge in [-0.2, -0.15) is 0 Å². The fourth-order valence-electron chi connectivity index (χ4n) is 4.75. The molecule has 0 aromatic heterocycles. The summed E-state index contributed by atoms with van der Waals surface area (Å²) in [5, 5.41) is 21.7. The summed E-state index contributed by atoms with van der Waals surface area (Å²) in [6, 6.07) is 0. The van der Waals surface area contributed by atoms with Crippen LogP contribution in [0, 0.1) is 41.4 Å². The van der Waals surface area contributed by atoms with Gasteiger partial charge >= 0.3 is 5.97 Å². The molecule has 28 heavy (non-hydrogen) atoms. The lowest BCUT2D eigenvalue weighted by Crippen LogP contribution is -2.44. The number of cyclic esters (lactones) is 1. The Balaban J connectivity index is 3.29. The van der Waals surface area contributed by atoms with Crippen molar-refractivity contribution < 1.29 is 24.5 Å². The van der Waals surface area contributed by atoms with Crippen molar-refractivity contribution in [2.75, 3.05) is 0 Å². The second-order valence-electron chi connectivity index (χ2n) is 9.25. The van der Waals surface area contributed by atoms with Crippen molar-refractivity contribution in [3.63, 3.8) is 0 Å². The smallest absolute Gasteiger partial charge is 0.311 e. The monoisotopic (exact) mass is 398 g/mol. The molecule has 1 aliphatic rings. The predicted octanol–water partition coefficient (Wildman–Crippen LogP) is 3.85. The van der Waals surface area contributed by atoms with Crippen LogP contribution in [0.25, 0.3) is 0 Å². The summed E-state index contributed by atoms with van der Waals surface area (Å²) in [5.41, 5.74) is 0. The number of aliphatic hydroxyl groups is 2. The zero-order valence-corrected chi connectivity index (χ0v) is 19.0. The molecule has 0 amide bonds. The van der Waals surface area contributed by atoms with Crippen LogP contribution in [0.5, 0.6) is 0 Å². The SMILES string of the molecule is CC[C@@H]1[C@H](O)[C@@H](C)C(=O)[C@H](C)C[C@H](C)[C@H](C)[C@@H](C)[C@H](O)[C@@H](C)C(=O)O[C@@H]1CC. The van der Waals surface area contributed by atoms with Crippen LogP contribution in [0.3, 0.4) is 0 Å². The van der Waals surface area contributed by atoms with E-state index in [1.807, 2.05) is 27.7 Å². The van der Waals surface area contributed by atoms with E-state index in [0.717, 1.165) is 0 Å². The Morgan fingerprint density at radius 3 is 1.93 bits per heavy atom. The molecular formula is C23H42O5. The Labute approximate surface area is 171 Å². The van der Waals surface area contributed by atoms with Gasteiger partial charge in [0, 0.05) is 17.8 Å². The average molecular weight is 399 g/mol. The third-order valence-electron chi connectivity index (χ3n) is 7.38. The summed E-state index contributed by atoms with van der Waals surface area (Å²) >= 11 is 0. The van der Waals surface area contributed by atoms with Crippen LogP contribution < -0.4 is 0 Å². The summed E-state index contributed by atoms with van der Waals surface area (Å²) in [6.45, 7) is 15.4. The van der Waals surface area contributed by atoms with Gasteiger partial charge in [-0.1, -0.05) is 48.5 Å².